The van der Waals surface area contributed by atoms with Gasteiger partial charge in [0.15, 0.2) is 5.82 Å². The maximum atomic E-state index is 12.6. The lowest BCUT2D eigenvalue weighted by Crippen LogP contribution is -2.10. The van der Waals surface area contributed by atoms with Crippen LogP contribution in [0.3, 0.4) is 0 Å². The van der Waals surface area contributed by atoms with Gasteiger partial charge in [-0.2, -0.15) is 5.10 Å². The second-order valence-electron chi connectivity index (χ2n) is 6.62. The van der Waals surface area contributed by atoms with Gasteiger partial charge < -0.3 is 9.88 Å². The molecule has 0 aliphatic carbocycles. The van der Waals surface area contributed by atoms with Gasteiger partial charge in [0.05, 0.1) is 22.8 Å². The van der Waals surface area contributed by atoms with Crippen LogP contribution in [0, 0.1) is 10.1 Å². The molecule has 9 nitrogen and oxygen atoms in total. The Kier molecular flexibility index (Phi) is 5.08. The van der Waals surface area contributed by atoms with E-state index in [9.17, 15) is 14.9 Å². The normalized spacial score (nSPS) is 10.7. The third-order valence-electron chi connectivity index (χ3n) is 4.61. The number of nitro benzene ring substituents is 1. The van der Waals surface area contributed by atoms with Gasteiger partial charge >= 0.3 is 0 Å². The first-order valence-electron chi connectivity index (χ1n) is 9.17. The lowest BCUT2D eigenvalue weighted by atomic mass is 10.1. The topological polar surface area (TPSA) is 108 Å². The van der Waals surface area contributed by atoms with Crippen molar-refractivity contribution in [1.29, 1.82) is 0 Å². The molecule has 0 spiro atoms. The number of nitrogens with zero attached hydrogens (tertiary/aromatic N) is 5. The summed E-state index contributed by atoms with van der Waals surface area (Å²) in [7, 11) is 1.69. The summed E-state index contributed by atoms with van der Waals surface area (Å²) >= 11 is 0. The average Bonchev–Trinajstić information content (AvgIpc) is 3.41. The predicted octanol–water partition coefficient (Wildman–Crippen LogP) is 3.36. The summed E-state index contributed by atoms with van der Waals surface area (Å²) in [6.07, 6.45) is 4.98. The Hall–Kier alpha value is -4.27. The molecule has 4 aromatic rings. The maximum absolute atomic E-state index is 12.6. The summed E-state index contributed by atoms with van der Waals surface area (Å²) in [6, 6.07) is 15.8. The number of aryl methyl sites for hydroxylation is 1. The minimum absolute atomic E-state index is 0.183. The number of hydrogen-bond acceptors (Lipinski definition) is 6. The van der Waals surface area contributed by atoms with Crippen LogP contribution in [-0.4, -0.2) is 30.0 Å². The predicted molar refractivity (Wildman–Crippen MR) is 111 cm³/mol. The second-order valence-corrected chi connectivity index (χ2v) is 6.62. The quantitative estimate of drug-likeness (QED) is 0.288. The molecule has 9 heteroatoms. The Morgan fingerprint density at radius 1 is 1.13 bits per heavy atom. The summed E-state index contributed by atoms with van der Waals surface area (Å²) in [5.74, 6) is -0.157. The van der Waals surface area contributed by atoms with Crippen molar-refractivity contribution in [2.24, 2.45) is 7.05 Å². The number of imidazole rings is 1. The van der Waals surface area contributed by atoms with E-state index in [0.29, 0.717) is 12.2 Å². The Labute approximate surface area is 171 Å². The first-order chi connectivity index (χ1) is 14.5. The van der Waals surface area contributed by atoms with E-state index in [1.165, 1.54) is 18.3 Å². The molecule has 0 radical (unpaired) electrons. The van der Waals surface area contributed by atoms with E-state index in [1.54, 1.807) is 28.6 Å². The van der Waals surface area contributed by atoms with E-state index in [4.69, 9.17) is 0 Å². The van der Waals surface area contributed by atoms with E-state index in [-0.39, 0.29) is 22.9 Å². The van der Waals surface area contributed by atoms with Crippen LogP contribution in [0.4, 0.5) is 11.4 Å². The first-order valence-corrected chi connectivity index (χ1v) is 9.17. The Morgan fingerprint density at radius 3 is 2.63 bits per heavy atom. The number of aromatic nitrogens is 4. The minimum atomic E-state index is -0.514. The van der Waals surface area contributed by atoms with Gasteiger partial charge in [-0.25, -0.2) is 9.67 Å². The highest BCUT2D eigenvalue weighted by atomic mass is 16.6. The molecule has 1 N–H and O–H groups in total. The van der Waals surface area contributed by atoms with E-state index in [2.05, 4.69) is 15.4 Å². The van der Waals surface area contributed by atoms with Gasteiger partial charge in [-0.05, 0) is 30.3 Å². The molecule has 0 unspecified atom stereocenters. The van der Waals surface area contributed by atoms with Crippen LogP contribution in [-0.2, 0) is 13.6 Å². The molecular formula is C21H18N6O3. The van der Waals surface area contributed by atoms with E-state index < -0.39 is 4.92 Å². The van der Waals surface area contributed by atoms with Crippen LogP contribution in [0.25, 0.3) is 5.69 Å². The molecule has 0 saturated carbocycles. The standard InChI is InChI=1S/C21H18N6O3/c1-25-12-10-22-21(25)20(28)15-7-8-18(19(13-15)27(29)30)23-14-16-9-11-26(24-16)17-5-3-2-4-6-17/h2-13,23H,14H2,1H3. The lowest BCUT2D eigenvalue weighted by molar-refractivity contribution is -0.384. The van der Waals surface area contributed by atoms with E-state index in [0.717, 1.165) is 11.4 Å². The van der Waals surface area contributed by atoms with Crippen LogP contribution >= 0.6 is 0 Å². The zero-order valence-corrected chi connectivity index (χ0v) is 16.1. The minimum Gasteiger partial charge on any atom is -0.374 e. The number of benzene rings is 2. The summed E-state index contributed by atoms with van der Waals surface area (Å²) in [4.78, 5) is 27.7. The van der Waals surface area contributed by atoms with E-state index in [1.807, 2.05) is 42.6 Å². The highest BCUT2D eigenvalue weighted by molar-refractivity contribution is 6.07. The SMILES string of the molecule is Cn1ccnc1C(=O)c1ccc(NCc2ccn(-c3ccccc3)n2)c([N+](=O)[O-])c1. The number of nitro groups is 1. The van der Waals surface area contributed by atoms with Crippen LogP contribution in [0.15, 0.2) is 73.2 Å². The Morgan fingerprint density at radius 2 is 1.93 bits per heavy atom. The molecule has 30 heavy (non-hydrogen) atoms. The van der Waals surface area contributed by atoms with Crippen LogP contribution in [0.1, 0.15) is 21.9 Å². The molecule has 4 rings (SSSR count). The van der Waals surface area contributed by atoms with Crippen LogP contribution < -0.4 is 5.32 Å². The molecule has 150 valence electrons. The number of rotatable bonds is 7. The smallest absolute Gasteiger partial charge is 0.293 e. The Bertz CT molecular complexity index is 1210. The second kappa shape index (κ2) is 8.00. The number of anilines is 1. The molecule has 0 atom stereocenters. The summed E-state index contributed by atoms with van der Waals surface area (Å²) in [6.45, 7) is 0.299. The first kappa shape index (κ1) is 19.1. The van der Waals surface area contributed by atoms with Crippen LogP contribution in [0.2, 0.25) is 0 Å². The zero-order valence-electron chi connectivity index (χ0n) is 16.1. The maximum Gasteiger partial charge on any atom is 0.293 e. The molecule has 0 fully saturated rings. The number of nitrogens with one attached hydrogen (secondary N) is 1. The van der Waals surface area contributed by atoms with Crippen molar-refractivity contribution in [1.82, 2.24) is 19.3 Å². The molecule has 0 aliphatic rings. The molecule has 2 heterocycles. The number of carbonyl (C=O) groups excluding carboxylic acids is 1. The fourth-order valence-corrected chi connectivity index (χ4v) is 3.05. The lowest BCUT2D eigenvalue weighted by Gasteiger charge is -2.08. The van der Waals surface area contributed by atoms with Gasteiger partial charge in [0.25, 0.3) is 5.69 Å². The number of hydrogen-bond donors (Lipinski definition) is 1. The third-order valence-corrected chi connectivity index (χ3v) is 4.61. The molecule has 0 amide bonds. The fourth-order valence-electron chi connectivity index (χ4n) is 3.05. The van der Waals surface area contributed by atoms with Crippen molar-refractivity contribution in [2.75, 3.05) is 5.32 Å². The Balaban J connectivity index is 1.53. The van der Waals surface area contributed by atoms with Gasteiger partial charge in [-0.1, -0.05) is 18.2 Å². The van der Waals surface area contributed by atoms with Crippen molar-refractivity contribution >= 4 is 17.2 Å². The zero-order chi connectivity index (χ0) is 21.1. The van der Waals surface area contributed by atoms with Gasteiger partial charge in [-0.15, -0.1) is 0 Å². The molecular weight excluding hydrogens is 384 g/mol. The summed E-state index contributed by atoms with van der Waals surface area (Å²) in [5.41, 5.74) is 1.98. The van der Waals surface area contributed by atoms with Gasteiger partial charge in [0.1, 0.15) is 5.69 Å². The van der Waals surface area contributed by atoms with Gasteiger partial charge in [0, 0.05) is 37.3 Å². The fraction of sp³-hybridized carbons (Fsp3) is 0.0952. The summed E-state index contributed by atoms with van der Waals surface area (Å²) < 4.78 is 3.31. The average molecular weight is 402 g/mol. The monoisotopic (exact) mass is 402 g/mol. The molecule has 2 aromatic carbocycles. The molecule has 2 aromatic heterocycles. The highest BCUT2D eigenvalue weighted by Crippen LogP contribution is 2.27. The summed E-state index contributed by atoms with van der Waals surface area (Å²) in [5, 5.41) is 19.1. The highest BCUT2D eigenvalue weighted by Gasteiger charge is 2.20. The molecule has 0 bridgehead atoms. The largest absolute Gasteiger partial charge is 0.374 e. The van der Waals surface area contributed by atoms with Crippen molar-refractivity contribution < 1.29 is 9.72 Å². The third kappa shape index (κ3) is 3.81. The molecule has 0 saturated heterocycles. The van der Waals surface area contributed by atoms with Crippen molar-refractivity contribution in [3.05, 3.63) is 100 Å². The van der Waals surface area contributed by atoms with Gasteiger partial charge in [-0.3, -0.25) is 14.9 Å². The van der Waals surface area contributed by atoms with E-state index >= 15 is 0 Å². The number of carbonyl (C=O) groups is 1. The van der Waals surface area contributed by atoms with Crippen molar-refractivity contribution in [2.45, 2.75) is 6.54 Å². The number of para-hydroxylation sites is 1. The van der Waals surface area contributed by atoms with Crippen molar-refractivity contribution in [3.63, 3.8) is 0 Å². The van der Waals surface area contributed by atoms with Crippen molar-refractivity contribution in [3.8, 4) is 5.69 Å². The van der Waals surface area contributed by atoms with Gasteiger partial charge in [0.2, 0.25) is 5.78 Å². The molecule has 0 aliphatic heterocycles. The van der Waals surface area contributed by atoms with Crippen LogP contribution in [0.5, 0.6) is 0 Å². The number of ketones is 1.